The molecule has 3 nitrogen and oxygen atoms in total. The summed E-state index contributed by atoms with van der Waals surface area (Å²) in [6.45, 7) is 2.96. The van der Waals surface area contributed by atoms with Gasteiger partial charge in [-0.25, -0.2) is 0 Å². The Kier molecular flexibility index (Phi) is 5.07. The molecule has 2 N–H and O–H groups in total. The number of aromatic nitrogens is 1. The van der Waals surface area contributed by atoms with E-state index in [4.69, 9.17) is 5.73 Å². The molecule has 2 unspecified atom stereocenters. The Balaban J connectivity index is 2.14. The molecule has 2 aromatic rings. The largest absolute Gasteiger partial charge is 0.326 e. The first kappa shape index (κ1) is 14.2. The molecule has 2 heterocycles. The van der Waals surface area contributed by atoms with Crippen molar-refractivity contribution in [3.8, 4) is 0 Å². The Morgan fingerprint density at radius 3 is 2.74 bits per heavy atom. The number of rotatable bonds is 6. The average Bonchev–Trinajstić information content (AvgIpc) is 2.93. The van der Waals surface area contributed by atoms with Crippen LogP contribution in [0.5, 0.6) is 0 Å². The van der Waals surface area contributed by atoms with Crippen LogP contribution in [0.1, 0.15) is 30.0 Å². The van der Waals surface area contributed by atoms with Crippen molar-refractivity contribution >= 4 is 11.3 Å². The van der Waals surface area contributed by atoms with Crippen LogP contribution in [0.2, 0.25) is 0 Å². The highest BCUT2D eigenvalue weighted by molar-refractivity contribution is 7.10. The van der Waals surface area contributed by atoms with Gasteiger partial charge in [0.05, 0.1) is 11.7 Å². The normalized spacial score (nSPS) is 14.5. The standard InChI is InChI=1S/C15H21N3S/c1-3-13(16)15(14-8-6-10-19-14)18(2)11-12-7-4-5-9-17-12/h4-10,13,15H,3,11,16H2,1-2H3. The molecule has 0 aliphatic rings. The van der Waals surface area contributed by atoms with E-state index in [9.17, 15) is 0 Å². The zero-order valence-electron chi connectivity index (χ0n) is 11.5. The molecule has 0 bridgehead atoms. The fraction of sp³-hybridized carbons (Fsp3) is 0.400. The van der Waals surface area contributed by atoms with E-state index in [0.717, 1.165) is 18.7 Å². The molecule has 0 radical (unpaired) electrons. The molecular weight excluding hydrogens is 254 g/mol. The lowest BCUT2D eigenvalue weighted by molar-refractivity contribution is 0.203. The molecule has 0 aliphatic carbocycles. The first-order valence-corrected chi connectivity index (χ1v) is 7.49. The lowest BCUT2D eigenvalue weighted by atomic mass is 10.0. The summed E-state index contributed by atoms with van der Waals surface area (Å²) >= 11 is 1.77. The smallest absolute Gasteiger partial charge is 0.0594 e. The van der Waals surface area contributed by atoms with Gasteiger partial charge in [-0.15, -0.1) is 11.3 Å². The molecule has 0 saturated heterocycles. The second-order valence-electron chi connectivity index (χ2n) is 4.77. The molecule has 0 fully saturated rings. The van der Waals surface area contributed by atoms with Gasteiger partial charge in [0.2, 0.25) is 0 Å². The number of nitrogens with zero attached hydrogens (tertiary/aromatic N) is 2. The van der Waals surface area contributed by atoms with Crippen molar-refractivity contribution in [2.45, 2.75) is 32.0 Å². The number of hydrogen-bond donors (Lipinski definition) is 1. The summed E-state index contributed by atoms with van der Waals surface area (Å²) in [5.41, 5.74) is 7.39. The molecular formula is C15H21N3S. The van der Waals surface area contributed by atoms with Crippen LogP contribution < -0.4 is 5.73 Å². The summed E-state index contributed by atoms with van der Waals surface area (Å²) in [5, 5.41) is 2.11. The van der Waals surface area contributed by atoms with Crippen molar-refractivity contribution in [1.29, 1.82) is 0 Å². The Hall–Kier alpha value is -1.23. The molecule has 4 heteroatoms. The molecule has 2 aromatic heterocycles. The van der Waals surface area contributed by atoms with Crippen molar-refractivity contribution in [2.75, 3.05) is 7.05 Å². The van der Waals surface area contributed by atoms with Crippen LogP contribution in [0, 0.1) is 0 Å². The quantitative estimate of drug-likeness (QED) is 0.881. The number of nitrogens with two attached hydrogens (primary N) is 1. The summed E-state index contributed by atoms with van der Waals surface area (Å²) < 4.78 is 0. The number of hydrogen-bond acceptors (Lipinski definition) is 4. The molecule has 19 heavy (non-hydrogen) atoms. The third kappa shape index (κ3) is 3.62. The van der Waals surface area contributed by atoms with Gasteiger partial charge >= 0.3 is 0 Å². The van der Waals surface area contributed by atoms with E-state index in [1.165, 1.54) is 4.88 Å². The van der Waals surface area contributed by atoms with Gasteiger partial charge < -0.3 is 5.73 Å². The van der Waals surface area contributed by atoms with Crippen molar-refractivity contribution in [1.82, 2.24) is 9.88 Å². The number of pyridine rings is 1. The molecule has 0 amide bonds. The highest BCUT2D eigenvalue weighted by Gasteiger charge is 2.24. The predicted octanol–water partition coefficient (Wildman–Crippen LogP) is 3.05. The second-order valence-corrected chi connectivity index (χ2v) is 5.75. The zero-order chi connectivity index (χ0) is 13.7. The minimum Gasteiger partial charge on any atom is -0.326 e. The van der Waals surface area contributed by atoms with E-state index in [2.05, 4.69) is 47.4 Å². The van der Waals surface area contributed by atoms with Crippen molar-refractivity contribution in [2.24, 2.45) is 5.73 Å². The zero-order valence-corrected chi connectivity index (χ0v) is 12.3. The molecule has 2 atom stereocenters. The molecule has 0 aromatic carbocycles. The molecule has 0 aliphatic heterocycles. The lowest BCUT2D eigenvalue weighted by Crippen LogP contribution is -2.38. The lowest BCUT2D eigenvalue weighted by Gasteiger charge is -2.31. The third-order valence-electron chi connectivity index (χ3n) is 3.32. The summed E-state index contributed by atoms with van der Waals surface area (Å²) in [6.07, 6.45) is 2.80. The number of thiophene rings is 1. The highest BCUT2D eigenvalue weighted by atomic mass is 32.1. The minimum atomic E-state index is 0.146. The Morgan fingerprint density at radius 2 is 2.16 bits per heavy atom. The minimum absolute atomic E-state index is 0.146. The van der Waals surface area contributed by atoms with E-state index in [0.29, 0.717) is 0 Å². The maximum atomic E-state index is 6.31. The van der Waals surface area contributed by atoms with Gasteiger partial charge in [0, 0.05) is 23.7 Å². The topological polar surface area (TPSA) is 42.1 Å². The SMILES string of the molecule is CCC(N)C(c1cccs1)N(C)Cc1ccccn1. The monoisotopic (exact) mass is 275 g/mol. The number of likely N-dealkylation sites (N-methyl/N-ethyl adjacent to an activating group) is 1. The Bertz CT molecular complexity index is 469. The van der Waals surface area contributed by atoms with Gasteiger partial charge in [0.25, 0.3) is 0 Å². The highest BCUT2D eigenvalue weighted by Crippen LogP contribution is 2.28. The third-order valence-corrected chi connectivity index (χ3v) is 4.27. The van der Waals surface area contributed by atoms with Crippen LogP contribution in [0.25, 0.3) is 0 Å². The maximum Gasteiger partial charge on any atom is 0.0594 e. The molecule has 0 spiro atoms. The summed E-state index contributed by atoms with van der Waals surface area (Å²) in [4.78, 5) is 8.01. The van der Waals surface area contributed by atoms with Gasteiger partial charge in [-0.05, 0) is 37.0 Å². The van der Waals surface area contributed by atoms with Crippen molar-refractivity contribution < 1.29 is 0 Å². The first-order valence-electron chi connectivity index (χ1n) is 6.61. The summed E-state index contributed by atoms with van der Waals surface area (Å²) in [6, 6.07) is 10.7. The fourth-order valence-electron chi connectivity index (χ4n) is 2.28. The summed E-state index contributed by atoms with van der Waals surface area (Å²) in [5.74, 6) is 0. The van der Waals surface area contributed by atoms with Crippen LogP contribution >= 0.6 is 11.3 Å². The van der Waals surface area contributed by atoms with Gasteiger partial charge in [0.15, 0.2) is 0 Å². The van der Waals surface area contributed by atoms with Crippen LogP contribution in [-0.2, 0) is 6.54 Å². The molecule has 0 saturated carbocycles. The maximum absolute atomic E-state index is 6.31. The summed E-state index contributed by atoms with van der Waals surface area (Å²) in [7, 11) is 2.12. The first-order chi connectivity index (χ1) is 9.22. The van der Waals surface area contributed by atoms with Gasteiger partial charge in [-0.2, -0.15) is 0 Å². The Morgan fingerprint density at radius 1 is 1.32 bits per heavy atom. The molecule has 2 rings (SSSR count). The molecule has 102 valence electrons. The van der Waals surface area contributed by atoms with E-state index in [1.54, 1.807) is 11.3 Å². The van der Waals surface area contributed by atoms with Gasteiger partial charge in [0.1, 0.15) is 0 Å². The van der Waals surface area contributed by atoms with Crippen molar-refractivity contribution in [3.63, 3.8) is 0 Å². The van der Waals surface area contributed by atoms with E-state index in [-0.39, 0.29) is 12.1 Å². The van der Waals surface area contributed by atoms with E-state index in [1.807, 2.05) is 18.3 Å². The van der Waals surface area contributed by atoms with Crippen LogP contribution in [0.15, 0.2) is 41.9 Å². The van der Waals surface area contributed by atoms with Crippen LogP contribution in [0.3, 0.4) is 0 Å². The van der Waals surface area contributed by atoms with Gasteiger partial charge in [-0.3, -0.25) is 9.88 Å². The van der Waals surface area contributed by atoms with Crippen LogP contribution in [0.4, 0.5) is 0 Å². The van der Waals surface area contributed by atoms with Crippen LogP contribution in [-0.4, -0.2) is 23.0 Å². The Labute approximate surface area is 119 Å². The fourth-order valence-corrected chi connectivity index (χ4v) is 3.25. The van der Waals surface area contributed by atoms with Gasteiger partial charge in [-0.1, -0.05) is 19.1 Å². The second kappa shape index (κ2) is 6.80. The van der Waals surface area contributed by atoms with E-state index >= 15 is 0 Å². The van der Waals surface area contributed by atoms with Crippen molar-refractivity contribution in [3.05, 3.63) is 52.5 Å². The predicted molar refractivity (Wildman–Crippen MR) is 81.0 cm³/mol. The average molecular weight is 275 g/mol. The van der Waals surface area contributed by atoms with E-state index < -0.39 is 0 Å².